The van der Waals surface area contributed by atoms with Crippen LogP contribution in [0, 0.1) is 0 Å². The minimum atomic E-state index is -0.145. The van der Waals surface area contributed by atoms with Gasteiger partial charge in [0.1, 0.15) is 11.5 Å². The van der Waals surface area contributed by atoms with E-state index < -0.39 is 0 Å². The second-order valence-electron chi connectivity index (χ2n) is 6.57. The maximum atomic E-state index is 12.1. The molecule has 0 heterocycles. The highest BCUT2D eigenvalue weighted by Crippen LogP contribution is 2.25. The number of amides is 1. The van der Waals surface area contributed by atoms with Gasteiger partial charge in [-0.05, 0) is 49.1 Å². The third kappa shape index (κ3) is 6.14. The van der Waals surface area contributed by atoms with E-state index in [1.165, 1.54) is 0 Å². The summed E-state index contributed by atoms with van der Waals surface area (Å²) in [4.78, 5) is 12.1. The lowest BCUT2D eigenvalue weighted by Gasteiger charge is -2.14. The summed E-state index contributed by atoms with van der Waals surface area (Å²) in [5.74, 6) is 1.78. The summed E-state index contributed by atoms with van der Waals surface area (Å²) < 4.78 is 11.4. The Bertz CT molecular complexity index is 695. The van der Waals surface area contributed by atoms with E-state index in [9.17, 15) is 4.79 Å². The molecule has 0 aliphatic rings. The molecule has 2 aromatic carbocycles. The molecule has 4 heteroatoms. The van der Waals surface area contributed by atoms with E-state index in [1.54, 1.807) is 0 Å². The van der Waals surface area contributed by atoms with E-state index in [1.807, 2.05) is 62.4 Å². The Hall–Kier alpha value is -2.49. The number of benzene rings is 2. The molecule has 0 spiro atoms. The molecule has 0 atom stereocenters. The molecule has 0 fully saturated rings. The highest BCUT2D eigenvalue weighted by atomic mass is 16.5. The Morgan fingerprint density at radius 1 is 1.04 bits per heavy atom. The second-order valence-corrected chi connectivity index (χ2v) is 6.57. The zero-order chi connectivity index (χ0) is 18.2. The van der Waals surface area contributed by atoms with Gasteiger partial charge in [0.15, 0.2) is 6.61 Å². The van der Waals surface area contributed by atoms with Gasteiger partial charge in [-0.2, -0.15) is 0 Å². The van der Waals surface area contributed by atoms with Crippen LogP contribution in [-0.4, -0.2) is 18.6 Å². The molecule has 2 rings (SSSR count). The molecule has 0 unspecified atom stereocenters. The van der Waals surface area contributed by atoms with Crippen molar-refractivity contribution in [1.82, 2.24) is 5.32 Å². The van der Waals surface area contributed by atoms with Gasteiger partial charge in [-0.3, -0.25) is 4.79 Å². The summed E-state index contributed by atoms with van der Waals surface area (Å²) in [6.45, 7) is 8.64. The molecule has 0 aromatic heterocycles. The molecule has 0 bridgehead atoms. The quantitative estimate of drug-likeness (QED) is 0.779. The Morgan fingerprint density at radius 2 is 1.80 bits per heavy atom. The Balaban J connectivity index is 1.85. The second kappa shape index (κ2) is 9.11. The van der Waals surface area contributed by atoms with Gasteiger partial charge in [0.05, 0.1) is 6.10 Å². The van der Waals surface area contributed by atoms with Crippen LogP contribution in [0.2, 0.25) is 0 Å². The minimum Gasteiger partial charge on any atom is -0.491 e. The average Bonchev–Trinajstić information content (AvgIpc) is 2.58. The summed E-state index contributed by atoms with van der Waals surface area (Å²) in [7, 11) is 0. The van der Waals surface area contributed by atoms with Crippen molar-refractivity contribution in [3.8, 4) is 11.5 Å². The van der Waals surface area contributed by atoms with Gasteiger partial charge in [0, 0.05) is 6.54 Å². The summed E-state index contributed by atoms with van der Waals surface area (Å²) in [5, 5.41) is 2.88. The highest BCUT2D eigenvalue weighted by Gasteiger charge is 2.09. The summed E-state index contributed by atoms with van der Waals surface area (Å²) in [5.41, 5.74) is 2.10. The van der Waals surface area contributed by atoms with Crippen LogP contribution in [0.1, 0.15) is 44.7 Å². The van der Waals surface area contributed by atoms with Gasteiger partial charge < -0.3 is 14.8 Å². The van der Waals surface area contributed by atoms with Crippen LogP contribution in [0.4, 0.5) is 0 Å². The maximum absolute atomic E-state index is 12.1. The normalized spacial score (nSPS) is 10.8. The lowest BCUT2D eigenvalue weighted by molar-refractivity contribution is -0.123. The van der Waals surface area contributed by atoms with E-state index in [-0.39, 0.29) is 18.6 Å². The van der Waals surface area contributed by atoms with Crippen molar-refractivity contribution in [3.05, 3.63) is 59.7 Å². The van der Waals surface area contributed by atoms with E-state index in [4.69, 9.17) is 9.47 Å². The van der Waals surface area contributed by atoms with Gasteiger partial charge in [0.25, 0.3) is 5.91 Å². The van der Waals surface area contributed by atoms with Crippen molar-refractivity contribution in [1.29, 1.82) is 0 Å². The smallest absolute Gasteiger partial charge is 0.258 e. The summed E-state index contributed by atoms with van der Waals surface area (Å²) in [6, 6.07) is 15.6. The standard InChI is InChI=1S/C21H27NO3/c1-15(2)19-10-5-6-11-20(19)24-14-21(23)22-13-17-8-7-9-18(12-17)25-16(3)4/h5-12,15-16H,13-14H2,1-4H3,(H,22,23). The van der Waals surface area contributed by atoms with Gasteiger partial charge in [-0.25, -0.2) is 0 Å². The first-order valence-corrected chi connectivity index (χ1v) is 8.69. The number of hydrogen-bond donors (Lipinski definition) is 1. The van der Waals surface area contributed by atoms with Crippen LogP contribution >= 0.6 is 0 Å². The van der Waals surface area contributed by atoms with Crippen molar-refractivity contribution >= 4 is 5.91 Å². The van der Waals surface area contributed by atoms with Crippen LogP contribution in [-0.2, 0) is 11.3 Å². The number of carbonyl (C=O) groups excluding carboxylic acids is 1. The van der Waals surface area contributed by atoms with E-state index in [2.05, 4.69) is 19.2 Å². The number of nitrogens with one attached hydrogen (secondary N) is 1. The average molecular weight is 341 g/mol. The molecule has 0 saturated carbocycles. The molecule has 1 amide bonds. The zero-order valence-electron chi connectivity index (χ0n) is 15.4. The molecule has 0 radical (unpaired) electrons. The first-order valence-electron chi connectivity index (χ1n) is 8.69. The molecular weight excluding hydrogens is 314 g/mol. The number of para-hydroxylation sites is 1. The SMILES string of the molecule is CC(C)Oc1cccc(CNC(=O)COc2ccccc2C(C)C)c1. The van der Waals surface area contributed by atoms with Crippen molar-refractivity contribution in [2.45, 2.75) is 46.3 Å². The third-order valence-electron chi connectivity index (χ3n) is 3.66. The van der Waals surface area contributed by atoms with E-state index in [0.717, 1.165) is 22.6 Å². The van der Waals surface area contributed by atoms with Crippen LogP contribution in [0.25, 0.3) is 0 Å². The van der Waals surface area contributed by atoms with Gasteiger partial charge in [-0.15, -0.1) is 0 Å². The molecule has 4 nitrogen and oxygen atoms in total. The molecule has 25 heavy (non-hydrogen) atoms. The summed E-state index contributed by atoms with van der Waals surface area (Å²) >= 11 is 0. The fourth-order valence-electron chi connectivity index (χ4n) is 2.48. The fourth-order valence-corrected chi connectivity index (χ4v) is 2.48. The summed E-state index contributed by atoms with van der Waals surface area (Å²) in [6.07, 6.45) is 0.124. The van der Waals surface area contributed by atoms with Crippen LogP contribution in [0.3, 0.4) is 0 Å². The van der Waals surface area contributed by atoms with Crippen LogP contribution in [0.5, 0.6) is 11.5 Å². The number of hydrogen-bond acceptors (Lipinski definition) is 3. The van der Waals surface area contributed by atoms with Crippen LogP contribution < -0.4 is 14.8 Å². The van der Waals surface area contributed by atoms with E-state index in [0.29, 0.717) is 12.5 Å². The molecule has 1 N–H and O–H groups in total. The number of rotatable bonds is 8. The third-order valence-corrected chi connectivity index (χ3v) is 3.66. The lowest BCUT2D eigenvalue weighted by atomic mass is 10.0. The molecular formula is C21H27NO3. The predicted molar refractivity (Wildman–Crippen MR) is 100 cm³/mol. The zero-order valence-corrected chi connectivity index (χ0v) is 15.4. The molecule has 0 saturated heterocycles. The number of ether oxygens (including phenoxy) is 2. The van der Waals surface area contributed by atoms with E-state index >= 15 is 0 Å². The van der Waals surface area contributed by atoms with Crippen molar-refractivity contribution in [3.63, 3.8) is 0 Å². The Labute approximate surface area is 150 Å². The predicted octanol–water partition coefficient (Wildman–Crippen LogP) is 4.29. The topological polar surface area (TPSA) is 47.6 Å². The Morgan fingerprint density at radius 3 is 2.52 bits per heavy atom. The minimum absolute atomic E-state index is 0.00587. The fraction of sp³-hybridized carbons (Fsp3) is 0.381. The largest absolute Gasteiger partial charge is 0.491 e. The lowest BCUT2D eigenvalue weighted by Crippen LogP contribution is -2.28. The molecule has 2 aromatic rings. The van der Waals surface area contributed by atoms with Gasteiger partial charge in [0.2, 0.25) is 0 Å². The van der Waals surface area contributed by atoms with Gasteiger partial charge >= 0.3 is 0 Å². The maximum Gasteiger partial charge on any atom is 0.258 e. The van der Waals surface area contributed by atoms with Crippen molar-refractivity contribution < 1.29 is 14.3 Å². The van der Waals surface area contributed by atoms with Crippen LogP contribution in [0.15, 0.2) is 48.5 Å². The first kappa shape index (κ1) is 18.8. The Kier molecular flexibility index (Phi) is 6.87. The van der Waals surface area contributed by atoms with Crippen molar-refractivity contribution in [2.75, 3.05) is 6.61 Å². The van der Waals surface area contributed by atoms with Gasteiger partial charge in [-0.1, -0.05) is 44.2 Å². The molecule has 0 aliphatic carbocycles. The monoisotopic (exact) mass is 341 g/mol. The number of carbonyl (C=O) groups is 1. The molecule has 0 aliphatic heterocycles. The van der Waals surface area contributed by atoms with Crippen molar-refractivity contribution in [2.24, 2.45) is 0 Å². The highest BCUT2D eigenvalue weighted by molar-refractivity contribution is 5.77. The first-order chi connectivity index (χ1) is 12.0. The molecule has 134 valence electrons.